The maximum atomic E-state index is 14.6. The quantitative estimate of drug-likeness (QED) is 0.324. The first-order valence-electron chi connectivity index (χ1n) is 13.9. The maximum Gasteiger partial charge on any atom is 0.256 e. The third kappa shape index (κ3) is 12.6. The minimum Gasteiger partial charge on any atom is -0.388 e. The molecule has 4 atom stereocenters. The number of aliphatic hydroxyl groups excluding tert-OH is 2. The summed E-state index contributed by atoms with van der Waals surface area (Å²) >= 11 is 0. The molecule has 1 saturated heterocycles. The molecule has 0 saturated carbocycles. The first kappa shape index (κ1) is 36.7. The fourth-order valence-corrected chi connectivity index (χ4v) is 4.25. The van der Waals surface area contributed by atoms with Crippen LogP contribution in [0.1, 0.15) is 56.3 Å². The molecule has 6 N–H and O–H groups in total. The minimum absolute atomic E-state index is 0. The predicted octanol–water partition coefficient (Wildman–Crippen LogP) is 1.07. The van der Waals surface area contributed by atoms with E-state index in [9.17, 15) is 29.0 Å². The van der Waals surface area contributed by atoms with E-state index >= 15 is 0 Å². The highest BCUT2D eigenvalue weighted by Crippen LogP contribution is 2.16. The standard InChI is InChI=1S/C28H45FN4O7.ClH/c1-19(2)11-16-40-24-17-33(28(38)20-7-3-4-8-21(20)29)14-13-32(25(35)10-9-22(30)27(31)37)12-5-6-15-39-18-23(34)26(24)36;/h3-4,7-8,19,22-24,26,34,36H,5-6,9-18,30H2,1-2H3,(H2,31,37);1H/t22-,23+,24+,26+;/m0./s1. The highest BCUT2D eigenvalue weighted by Gasteiger charge is 2.32. The van der Waals surface area contributed by atoms with Crippen molar-refractivity contribution in [2.75, 3.05) is 46.0 Å². The molecule has 0 radical (unpaired) electrons. The molecule has 1 aromatic carbocycles. The van der Waals surface area contributed by atoms with E-state index in [-0.39, 0.29) is 69.6 Å². The number of nitrogens with zero attached hydrogens (tertiary/aromatic N) is 2. The average molecular weight is 605 g/mol. The second-order valence-corrected chi connectivity index (χ2v) is 10.6. The Hall–Kier alpha value is -2.35. The second kappa shape index (κ2) is 19.0. The van der Waals surface area contributed by atoms with E-state index in [1.165, 1.54) is 23.1 Å². The Morgan fingerprint density at radius 1 is 1.10 bits per heavy atom. The van der Waals surface area contributed by atoms with E-state index < -0.39 is 42.0 Å². The molecule has 2 rings (SSSR count). The van der Waals surface area contributed by atoms with Crippen LogP contribution >= 0.6 is 12.4 Å². The number of hydrogen-bond acceptors (Lipinski definition) is 8. The molecular weight excluding hydrogens is 559 g/mol. The summed E-state index contributed by atoms with van der Waals surface area (Å²) in [6.07, 6.45) is -1.70. The largest absolute Gasteiger partial charge is 0.388 e. The van der Waals surface area contributed by atoms with Gasteiger partial charge in [0.15, 0.2) is 0 Å². The number of nitrogens with two attached hydrogens (primary N) is 2. The molecule has 1 aliphatic rings. The molecule has 1 aromatic rings. The monoisotopic (exact) mass is 604 g/mol. The number of ether oxygens (including phenoxy) is 2. The lowest BCUT2D eigenvalue weighted by Gasteiger charge is -2.34. The number of amides is 3. The number of rotatable bonds is 9. The molecule has 0 bridgehead atoms. The lowest BCUT2D eigenvalue weighted by atomic mass is 10.1. The van der Waals surface area contributed by atoms with Crippen molar-refractivity contribution >= 4 is 30.1 Å². The van der Waals surface area contributed by atoms with Crippen LogP contribution in [0.3, 0.4) is 0 Å². The van der Waals surface area contributed by atoms with Crippen LogP contribution in [0.2, 0.25) is 0 Å². The Morgan fingerprint density at radius 2 is 1.78 bits per heavy atom. The zero-order valence-corrected chi connectivity index (χ0v) is 24.8. The summed E-state index contributed by atoms with van der Waals surface area (Å²) < 4.78 is 26.1. The third-order valence-electron chi connectivity index (χ3n) is 6.88. The number of hydrogen-bond donors (Lipinski definition) is 4. The smallest absolute Gasteiger partial charge is 0.256 e. The summed E-state index contributed by atoms with van der Waals surface area (Å²) in [5, 5.41) is 21.6. The Morgan fingerprint density at radius 3 is 2.44 bits per heavy atom. The summed E-state index contributed by atoms with van der Waals surface area (Å²) in [5.41, 5.74) is 10.8. The van der Waals surface area contributed by atoms with Gasteiger partial charge < -0.3 is 41.0 Å². The van der Waals surface area contributed by atoms with E-state index in [1.54, 1.807) is 11.0 Å². The van der Waals surface area contributed by atoms with E-state index in [4.69, 9.17) is 20.9 Å². The fraction of sp³-hybridized carbons (Fsp3) is 0.679. The van der Waals surface area contributed by atoms with E-state index in [1.807, 2.05) is 13.8 Å². The van der Waals surface area contributed by atoms with Crippen molar-refractivity contribution in [3.63, 3.8) is 0 Å². The van der Waals surface area contributed by atoms with Gasteiger partial charge in [0.2, 0.25) is 11.8 Å². The van der Waals surface area contributed by atoms with Gasteiger partial charge in [0.1, 0.15) is 24.1 Å². The maximum absolute atomic E-state index is 14.6. The van der Waals surface area contributed by atoms with Gasteiger partial charge in [-0.25, -0.2) is 4.39 Å². The Balaban J connectivity index is 0.00000840. The molecule has 3 amide bonds. The van der Waals surface area contributed by atoms with Crippen molar-refractivity contribution in [1.82, 2.24) is 9.80 Å². The number of aliphatic hydroxyl groups is 2. The first-order valence-corrected chi connectivity index (χ1v) is 13.9. The minimum atomic E-state index is -1.38. The Bertz CT molecular complexity index is 958. The average Bonchev–Trinajstić information content (AvgIpc) is 2.91. The van der Waals surface area contributed by atoms with Crippen LogP contribution in [0, 0.1) is 11.7 Å². The molecule has 1 aliphatic heterocycles. The van der Waals surface area contributed by atoms with Gasteiger partial charge in [-0.1, -0.05) is 26.0 Å². The molecule has 41 heavy (non-hydrogen) atoms. The van der Waals surface area contributed by atoms with Gasteiger partial charge in [0.25, 0.3) is 5.91 Å². The van der Waals surface area contributed by atoms with Crippen molar-refractivity contribution in [1.29, 1.82) is 0 Å². The van der Waals surface area contributed by atoms with Crippen molar-refractivity contribution in [2.45, 2.75) is 70.3 Å². The molecule has 0 spiro atoms. The molecule has 1 heterocycles. The summed E-state index contributed by atoms with van der Waals surface area (Å²) in [6, 6.07) is 4.62. The molecule has 0 aliphatic carbocycles. The molecule has 11 nitrogen and oxygen atoms in total. The molecular formula is C28H46ClFN4O7. The van der Waals surface area contributed by atoms with E-state index in [0.29, 0.717) is 38.3 Å². The summed E-state index contributed by atoms with van der Waals surface area (Å²) in [6.45, 7) is 4.83. The summed E-state index contributed by atoms with van der Waals surface area (Å²) in [4.78, 5) is 40.8. The van der Waals surface area contributed by atoms with Crippen molar-refractivity contribution < 1.29 is 38.5 Å². The van der Waals surface area contributed by atoms with E-state index in [2.05, 4.69) is 0 Å². The topological polar surface area (TPSA) is 169 Å². The second-order valence-electron chi connectivity index (χ2n) is 10.6. The summed E-state index contributed by atoms with van der Waals surface area (Å²) in [7, 11) is 0. The molecule has 13 heteroatoms. The predicted molar refractivity (Wildman–Crippen MR) is 154 cm³/mol. The molecule has 234 valence electrons. The van der Waals surface area contributed by atoms with Crippen LogP contribution in [0.5, 0.6) is 0 Å². The normalized spacial score (nSPS) is 22.0. The van der Waals surface area contributed by atoms with Gasteiger partial charge in [0, 0.05) is 45.8 Å². The third-order valence-corrected chi connectivity index (χ3v) is 6.88. The number of halogens is 2. The zero-order valence-electron chi connectivity index (χ0n) is 24.0. The van der Waals surface area contributed by atoms with Gasteiger partial charge in [-0.15, -0.1) is 12.4 Å². The van der Waals surface area contributed by atoms with Crippen LogP contribution in [0.15, 0.2) is 24.3 Å². The van der Waals surface area contributed by atoms with Crippen LogP contribution in [0.25, 0.3) is 0 Å². The van der Waals surface area contributed by atoms with Crippen molar-refractivity contribution in [2.24, 2.45) is 17.4 Å². The van der Waals surface area contributed by atoms with Gasteiger partial charge in [-0.05, 0) is 43.7 Å². The lowest BCUT2D eigenvalue weighted by molar-refractivity contribution is -0.132. The first-order chi connectivity index (χ1) is 19.0. The van der Waals surface area contributed by atoms with Crippen LogP contribution < -0.4 is 11.5 Å². The number of primary amides is 1. The SMILES string of the molecule is CC(C)CCO[C@@H]1CN(C(=O)c2ccccc2F)CCN(C(=O)CC[C@H](N)C(N)=O)CCCCOC[C@@H](O)[C@H]1O.Cl. The number of carbonyl (C=O) groups excluding carboxylic acids is 3. The molecule has 1 fully saturated rings. The highest BCUT2D eigenvalue weighted by atomic mass is 35.5. The van der Waals surface area contributed by atoms with Gasteiger partial charge in [0.05, 0.1) is 18.2 Å². The van der Waals surface area contributed by atoms with Crippen LogP contribution in [-0.4, -0.2) is 108 Å². The van der Waals surface area contributed by atoms with Crippen LogP contribution in [-0.2, 0) is 19.1 Å². The fourth-order valence-electron chi connectivity index (χ4n) is 4.25. The number of carbonyl (C=O) groups is 3. The number of benzene rings is 1. The van der Waals surface area contributed by atoms with E-state index in [0.717, 1.165) is 0 Å². The highest BCUT2D eigenvalue weighted by molar-refractivity contribution is 5.94. The Kier molecular flexibility index (Phi) is 17.0. The van der Waals surface area contributed by atoms with Crippen molar-refractivity contribution in [3.05, 3.63) is 35.6 Å². The van der Waals surface area contributed by atoms with Gasteiger partial charge in [-0.3, -0.25) is 14.4 Å². The van der Waals surface area contributed by atoms with Gasteiger partial charge in [-0.2, -0.15) is 0 Å². The van der Waals surface area contributed by atoms with Crippen molar-refractivity contribution in [3.8, 4) is 0 Å². The van der Waals surface area contributed by atoms with Crippen LogP contribution in [0.4, 0.5) is 4.39 Å². The van der Waals surface area contributed by atoms with Gasteiger partial charge >= 0.3 is 0 Å². The lowest BCUT2D eigenvalue weighted by Crippen LogP contribution is -2.51. The molecule has 0 aromatic heterocycles. The summed E-state index contributed by atoms with van der Waals surface area (Å²) in [5.74, 6) is -1.97. The zero-order chi connectivity index (χ0) is 29.7. The Labute approximate surface area is 247 Å². The molecule has 0 unspecified atom stereocenters.